The number of carbonyl (C=O) groups excluding carboxylic acids is 1. The fourth-order valence-electron chi connectivity index (χ4n) is 1.82. The molecular formula is C17H10F4O. The summed E-state index contributed by atoms with van der Waals surface area (Å²) in [5.74, 6) is -3.31. The lowest BCUT2D eigenvalue weighted by molar-refractivity contribution is 0.0977. The molecule has 2 rings (SSSR count). The molecule has 0 fully saturated rings. The van der Waals surface area contributed by atoms with Crippen molar-refractivity contribution in [2.45, 2.75) is 13.3 Å². The maximum atomic E-state index is 13.9. The maximum absolute atomic E-state index is 13.9. The van der Waals surface area contributed by atoms with Crippen LogP contribution in [0.25, 0.3) is 0 Å². The third-order valence-corrected chi connectivity index (χ3v) is 2.97. The lowest BCUT2D eigenvalue weighted by Gasteiger charge is -2.07. The van der Waals surface area contributed by atoms with Gasteiger partial charge < -0.3 is 0 Å². The Balaban J connectivity index is 2.60. The van der Waals surface area contributed by atoms with Gasteiger partial charge in [0.15, 0.2) is 29.1 Å². The molecule has 5 heteroatoms. The van der Waals surface area contributed by atoms with E-state index in [9.17, 15) is 22.4 Å². The first kappa shape index (κ1) is 15.8. The number of Topliss-reactive ketones (excluding diaryl/α,β-unsaturated/α-hetero) is 1. The van der Waals surface area contributed by atoms with Gasteiger partial charge in [-0.05, 0) is 12.1 Å². The summed E-state index contributed by atoms with van der Waals surface area (Å²) in [6, 6.07) is 8.17. The third-order valence-electron chi connectivity index (χ3n) is 2.97. The van der Waals surface area contributed by atoms with E-state index >= 15 is 0 Å². The predicted octanol–water partition coefficient (Wildman–Crippen LogP) is 4.24. The number of carbonyl (C=O) groups is 1. The van der Waals surface area contributed by atoms with Gasteiger partial charge in [0.25, 0.3) is 0 Å². The van der Waals surface area contributed by atoms with Crippen LogP contribution < -0.4 is 0 Å². The molecule has 0 N–H and O–H groups in total. The SMILES string of the molecule is CCC(=O)c1c(F)c(F)c(C#Cc2ccccc2)c(F)c1F. The summed E-state index contributed by atoms with van der Waals surface area (Å²) in [5, 5.41) is 0. The predicted molar refractivity (Wildman–Crippen MR) is 73.3 cm³/mol. The van der Waals surface area contributed by atoms with Gasteiger partial charge in [-0.1, -0.05) is 37.0 Å². The van der Waals surface area contributed by atoms with Gasteiger partial charge in [-0.25, -0.2) is 17.6 Å². The summed E-state index contributed by atoms with van der Waals surface area (Å²) in [4.78, 5) is 11.4. The second-order valence-electron chi connectivity index (χ2n) is 4.40. The van der Waals surface area contributed by atoms with Crippen LogP contribution in [0, 0.1) is 35.1 Å². The minimum absolute atomic E-state index is 0.276. The monoisotopic (exact) mass is 306 g/mol. The average Bonchev–Trinajstić information content (AvgIpc) is 2.54. The zero-order chi connectivity index (χ0) is 16.3. The Labute approximate surface area is 124 Å². The highest BCUT2D eigenvalue weighted by molar-refractivity contribution is 5.96. The highest BCUT2D eigenvalue weighted by atomic mass is 19.2. The normalized spacial score (nSPS) is 10.0. The van der Waals surface area contributed by atoms with Crippen LogP contribution in [0.3, 0.4) is 0 Å². The van der Waals surface area contributed by atoms with E-state index in [1.165, 1.54) is 6.92 Å². The molecule has 0 aliphatic carbocycles. The van der Waals surface area contributed by atoms with Crippen molar-refractivity contribution in [2.24, 2.45) is 0 Å². The molecule has 0 amide bonds. The quantitative estimate of drug-likeness (QED) is 0.351. The molecule has 0 radical (unpaired) electrons. The van der Waals surface area contributed by atoms with Crippen molar-refractivity contribution in [3.05, 3.63) is 70.3 Å². The largest absolute Gasteiger partial charge is 0.294 e. The Kier molecular flexibility index (Phi) is 4.62. The van der Waals surface area contributed by atoms with E-state index < -0.39 is 40.2 Å². The smallest absolute Gasteiger partial charge is 0.178 e. The van der Waals surface area contributed by atoms with E-state index in [1.54, 1.807) is 30.3 Å². The van der Waals surface area contributed by atoms with E-state index in [1.807, 2.05) is 0 Å². The van der Waals surface area contributed by atoms with E-state index in [2.05, 4.69) is 11.8 Å². The van der Waals surface area contributed by atoms with Gasteiger partial charge in [0, 0.05) is 12.0 Å². The molecular weight excluding hydrogens is 296 g/mol. The zero-order valence-electron chi connectivity index (χ0n) is 11.5. The van der Waals surface area contributed by atoms with Crippen molar-refractivity contribution in [3.63, 3.8) is 0 Å². The highest BCUT2D eigenvalue weighted by Gasteiger charge is 2.27. The minimum atomic E-state index is -1.72. The molecule has 2 aromatic carbocycles. The molecule has 0 aliphatic heterocycles. The molecule has 0 unspecified atom stereocenters. The number of benzene rings is 2. The molecule has 22 heavy (non-hydrogen) atoms. The summed E-state index contributed by atoms with van der Waals surface area (Å²) in [6.45, 7) is 1.33. The van der Waals surface area contributed by atoms with E-state index in [0.29, 0.717) is 5.56 Å². The number of hydrogen-bond donors (Lipinski definition) is 0. The van der Waals surface area contributed by atoms with Gasteiger partial charge in [0.1, 0.15) is 5.56 Å². The van der Waals surface area contributed by atoms with Crippen LogP contribution in [0.1, 0.15) is 34.8 Å². The zero-order valence-corrected chi connectivity index (χ0v) is 11.5. The van der Waals surface area contributed by atoms with Crippen molar-refractivity contribution in [2.75, 3.05) is 0 Å². The van der Waals surface area contributed by atoms with Crippen LogP contribution in [0.2, 0.25) is 0 Å². The van der Waals surface area contributed by atoms with Gasteiger partial charge >= 0.3 is 0 Å². The molecule has 0 bridgehead atoms. The number of ketones is 1. The third kappa shape index (κ3) is 2.86. The fraction of sp³-hybridized carbons (Fsp3) is 0.118. The van der Waals surface area contributed by atoms with Crippen molar-refractivity contribution in [1.29, 1.82) is 0 Å². The Hall–Kier alpha value is -2.61. The molecule has 0 aliphatic rings. The number of hydrogen-bond acceptors (Lipinski definition) is 1. The molecule has 0 aromatic heterocycles. The summed E-state index contributed by atoms with van der Waals surface area (Å²) >= 11 is 0. The second kappa shape index (κ2) is 6.44. The van der Waals surface area contributed by atoms with Crippen molar-refractivity contribution in [3.8, 4) is 11.8 Å². The van der Waals surface area contributed by atoms with Gasteiger partial charge in [-0.3, -0.25) is 4.79 Å². The summed E-state index contributed by atoms with van der Waals surface area (Å²) in [7, 11) is 0. The Morgan fingerprint density at radius 2 is 1.45 bits per heavy atom. The van der Waals surface area contributed by atoms with Crippen LogP contribution in [0.4, 0.5) is 17.6 Å². The summed E-state index contributed by atoms with van der Waals surface area (Å²) in [5.41, 5.74) is -1.81. The van der Waals surface area contributed by atoms with Crippen LogP contribution in [0.15, 0.2) is 30.3 Å². The standard InChI is InChI=1S/C17H10F4O/c1-2-12(22)13-16(20)14(18)11(15(19)17(13)21)9-8-10-6-4-3-5-7-10/h3-7H,2H2,1H3. The first-order valence-corrected chi connectivity index (χ1v) is 6.43. The Bertz CT molecular complexity index is 757. The van der Waals surface area contributed by atoms with Gasteiger partial charge in [-0.15, -0.1) is 0 Å². The molecule has 0 atom stereocenters. The summed E-state index contributed by atoms with van der Waals surface area (Å²) in [6.07, 6.45) is -0.276. The van der Waals surface area contributed by atoms with Crippen molar-refractivity contribution in [1.82, 2.24) is 0 Å². The second-order valence-corrected chi connectivity index (χ2v) is 4.40. The molecule has 1 nitrogen and oxygen atoms in total. The summed E-state index contributed by atoms with van der Waals surface area (Å²) < 4.78 is 55.3. The van der Waals surface area contributed by atoms with Gasteiger partial charge in [0.05, 0.1) is 5.56 Å². The first-order valence-electron chi connectivity index (χ1n) is 6.43. The lowest BCUT2D eigenvalue weighted by Crippen LogP contribution is -2.11. The van der Waals surface area contributed by atoms with Crippen molar-refractivity contribution < 1.29 is 22.4 Å². The molecule has 112 valence electrons. The van der Waals surface area contributed by atoms with E-state index in [4.69, 9.17) is 0 Å². The highest BCUT2D eigenvalue weighted by Crippen LogP contribution is 2.24. The van der Waals surface area contributed by atoms with Crippen LogP contribution in [-0.4, -0.2) is 5.78 Å². The molecule has 0 saturated carbocycles. The van der Waals surface area contributed by atoms with Gasteiger partial charge in [0.2, 0.25) is 0 Å². The molecule has 0 heterocycles. The first-order chi connectivity index (χ1) is 10.5. The number of rotatable bonds is 2. The van der Waals surface area contributed by atoms with E-state index in [0.717, 1.165) is 0 Å². The molecule has 2 aromatic rings. The lowest BCUT2D eigenvalue weighted by atomic mass is 10.0. The van der Waals surface area contributed by atoms with Crippen LogP contribution in [-0.2, 0) is 0 Å². The minimum Gasteiger partial charge on any atom is -0.294 e. The topological polar surface area (TPSA) is 17.1 Å². The number of halogens is 4. The van der Waals surface area contributed by atoms with Crippen LogP contribution >= 0.6 is 0 Å². The van der Waals surface area contributed by atoms with Crippen molar-refractivity contribution >= 4 is 5.78 Å². The maximum Gasteiger partial charge on any atom is 0.178 e. The molecule has 0 spiro atoms. The Morgan fingerprint density at radius 1 is 0.909 bits per heavy atom. The average molecular weight is 306 g/mol. The van der Waals surface area contributed by atoms with Crippen LogP contribution in [0.5, 0.6) is 0 Å². The Morgan fingerprint density at radius 3 is 1.95 bits per heavy atom. The van der Waals surface area contributed by atoms with E-state index in [-0.39, 0.29) is 6.42 Å². The van der Waals surface area contributed by atoms with Gasteiger partial charge in [-0.2, -0.15) is 0 Å². The molecule has 0 saturated heterocycles. The fourth-order valence-corrected chi connectivity index (χ4v) is 1.82.